The van der Waals surface area contributed by atoms with Crippen LogP contribution in [0.15, 0.2) is 53.7 Å². The molecule has 0 saturated heterocycles. The molecule has 0 aliphatic heterocycles. The van der Waals surface area contributed by atoms with Gasteiger partial charge in [-0.2, -0.15) is 13.2 Å². The lowest BCUT2D eigenvalue weighted by atomic mass is 10.1. The predicted molar refractivity (Wildman–Crippen MR) is 113 cm³/mol. The minimum atomic E-state index is -4.34. The number of halogens is 3. The van der Waals surface area contributed by atoms with Gasteiger partial charge < -0.3 is 9.30 Å². The van der Waals surface area contributed by atoms with E-state index >= 15 is 0 Å². The van der Waals surface area contributed by atoms with Crippen molar-refractivity contribution in [3.8, 4) is 17.1 Å². The Bertz CT molecular complexity index is 955. The summed E-state index contributed by atoms with van der Waals surface area (Å²) >= 11 is 1.37. The van der Waals surface area contributed by atoms with Crippen LogP contribution in [0.5, 0.6) is 5.75 Å². The molecule has 1 heterocycles. The minimum Gasteiger partial charge on any atom is -0.494 e. The standard InChI is InChI=1S/C22H24F3N3OS/c1-3-5-13-29-19-11-9-17(10-12-19)20-26-27-21(28(20)4-2)30-15-16-7-6-8-18(14-16)22(23,24)25/h6-12,14H,3-5,13,15H2,1-2H3. The fourth-order valence-electron chi connectivity index (χ4n) is 2.91. The number of hydrogen-bond acceptors (Lipinski definition) is 4. The van der Waals surface area contributed by atoms with Crippen molar-refractivity contribution in [2.75, 3.05) is 6.61 Å². The molecule has 0 spiro atoms. The number of thioether (sulfide) groups is 1. The second-order valence-electron chi connectivity index (χ2n) is 6.76. The Hall–Kier alpha value is -2.48. The maximum Gasteiger partial charge on any atom is 0.416 e. The fourth-order valence-corrected chi connectivity index (χ4v) is 3.86. The molecule has 3 aromatic rings. The minimum absolute atomic E-state index is 0.381. The Morgan fingerprint density at radius 3 is 2.47 bits per heavy atom. The van der Waals surface area contributed by atoms with Gasteiger partial charge in [0.15, 0.2) is 11.0 Å². The zero-order valence-corrected chi connectivity index (χ0v) is 17.8. The highest BCUT2D eigenvalue weighted by molar-refractivity contribution is 7.98. The number of aromatic nitrogens is 3. The molecule has 0 bridgehead atoms. The monoisotopic (exact) mass is 435 g/mol. The van der Waals surface area contributed by atoms with Crippen LogP contribution in [-0.2, 0) is 18.5 Å². The van der Waals surface area contributed by atoms with E-state index in [1.807, 2.05) is 35.8 Å². The fraction of sp³-hybridized carbons (Fsp3) is 0.364. The molecule has 0 atom stereocenters. The van der Waals surface area contributed by atoms with Crippen molar-refractivity contribution in [3.05, 3.63) is 59.7 Å². The zero-order valence-electron chi connectivity index (χ0n) is 16.9. The average molecular weight is 436 g/mol. The summed E-state index contributed by atoms with van der Waals surface area (Å²) in [5.74, 6) is 1.92. The maximum absolute atomic E-state index is 12.9. The Labute approximate surface area is 178 Å². The molecule has 3 rings (SSSR count). The van der Waals surface area contributed by atoms with Gasteiger partial charge in [0, 0.05) is 17.9 Å². The molecule has 0 unspecified atom stereocenters. The van der Waals surface area contributed by atoms with Crippen LogP contribution in [0.4, 0.5) is 13.2 Å². The normalized spacial score (nSPS) is 11.6. The lowest BCUT2D eigenvalue weighted by molar-refractivity contribution is -0.137. The van der Waals surface area contributed by atoms with Crippen molar-refractivity contribution < 1.29 is 17.9 Å². The smallest absolute Gasteiger partial charge is 0.416 e. The molecule has 0 aliphatic rings. The van der Waals surface area contributed by atoms with Crippen LogP contribution in [0.2, 0.25) is 0 Å². The summed E-state index contributed by atoms with van der Waals surface area (Å²) in [6.07, 6.45) is -2.25. The van der Waals surface area contributed by atoms with Crippen LogP contribution in [0.1, 0.15) is 37.8 Å². The van der Waals surface area contributed by atoms with Gasteiger partial charge in [0.25, 0.3) is 0 Å². The number of rotatable bonds is 9. The highest BCUT2D eigenvalue weighted by atomic mass is 32.2. The van der Waals surface area contributed by atoms with Crippen LogP contribution in [0.25, 0.3) is 11.4 Å². The molecule has 0 N–H and O–H groups in total. The molecule has 1 aromatic heterocycles. The van der Waals surface area contributed by atoms with Crippen molar-refractivity contribution in [1.29, 1.82) is 0 Å². The van der Waals surface area contributed by atoms with Gasteiger partial charge in [0.05, 0.1) is 12.2 Å². The summed E-state index contributed by atoms with van der Waals surface area (Å²) in [4.78, 5) is 0. The van der Waals surface area contributed by atoms with E-state index in [9.17, 15) is 13.2 Å². The third kappa shape index (κ3) is 5.56. The second-order valence-corrected chi connectivity index (χ2v) is 7.71. The van der Waals surface area contributed by atoms with Crippen LogP contribution in [-0.4, -0.2) is 21.4 Å². The van der Waals surface area contributed by atoms with Crippen LogP contribution >= 0.6 is 11.8 Å². The molecule has 0 radical (unpaired) electrons. The molecule has 0 amide bonds. The van der Waals surface area contributed by atoms with Gasteiger partial charge in [-0.15, -0.1) is 10.2 Å². The molecule has 0 saturated carbocycles. The second kappa shape index (κ2) is 10.0. The molecule has 0 fully saturated rings. The van der Waals surface area contributed by atoms with E-state index in [1.54, 1.807) is 6.07 Å². The zero-order chi connectivity index (χ0) is 21.6. The van der Waals surface area contributed by atoms with Crippen LogP contribution in [0, 0.1) is 0 Å². The number of nitrogens with zero attached hydrogens (tertiary/aromatic N) is 3. The van der Waals surface area contributed by atoms with Crippen molar-refractivity contribution in [2.45, 2.75) is 50.3 Å². The summed E-state index contributed by atoms with van der Waals surface area (Å²) in [7, 11) is 0. The van der Waals surface area contributed by atoms with Crippen LogP contribution in [0.3, 0.4) is 0 Å². The van der Waals surface area contributed by atoms with Gasteiger partial charge in [-0.25, -0.2) is 0 Å². The van der Waals surface area contributed by atoms with Crippen molar-refractivity contribution in [3.63, 3.8) is 0 Å². The maximum atomic E-state index is 12.9. The molecule has 2 aromatic carbocycles. The summed E-state index contributed by atoms with van der Waals surface area (Å²) in [5, 5.41) is 9.23. The molecule has 8 heteroatoms. The Morgan fingerprint density at radius 1 is 1.03 bits per heavy atom. The quantitative estimate of drug-likeness (QED) is 0.286. The lowest BCUT2D eigenvalue weighted by Crippen LogP contribution is -2.05. The first kappa shape index (κ1) is 22.2. The molecule has 160 valence electrons. The van der Waals surface area contributed by atoms with Gasteiger partial charge in [-0.3, -0.25) is 0 Å². The van der Waals surface area contributed by atoms with Gasteiger partial charge in [-0.05, 0) is 49.2 Å². The summed E-state index contributed by atoms with van der Waals surface area (Å²) in [6.45, 7) is 5.45. The van der Waals surface area contributed by atoms with E-state index < -0.39 is 11.7 Å². The first-order valence-corrected chi connectivity index (χ1v) is 10.9. The van der Waals surface area contributed by atoms with Gasteiger partial charge >= 0.3 is 6.18 Å². The summed E-state index contributed by atoms with van der Waals surface area (Å²) in [6, 6.07) is 13.1. The first-order valence-electron chi connectivity index (χ1n) is 9.87. The third-order valence-electron chi connectivity index (χ3n) is 4.53. The number of unbranched alkanes of at least 4 members (excludes halogenated alkanes) is 1. The first-order chi connectivity index (χ1) is 14.4. The van der Waals surface area contributed by atoms with E-state index in [-0.39, 0.29) is 0 Å². The van der Waals surface area contributed by atoms with Gasteiger partial charge in [0.1, 0.15) is 5.75 Å². The number of alkyl halides is 3. The molecule has 4 nitrogen and oxygen atoms in total. The molecular weight excluding hydrogens is 411 g/mol. The lowest BCUT2D eigenvalue weighted by Gasteiger charge is -2.10. The summed E-state index contributed by atoms with van der Waals surface area (Å²) in [5.41, 5.74) is 0.869. The van der Waals surface area contributed by atoms with Gasteiger partial charge in [0.2, 0.25) is 0 Å². The number of ether oxygens (including phenoxy) is 1. The Kier molecular flexibility index (Phi) is 7.42. The molecule has 30 heavy (non-hydrogen) atoms. The van der Waals surface area contributed by atoms with Crippen molar-refractivity contribution >= 4 is 11.8 Å². The Balaban J connectivity index is 1.71. The number of hydrogen-bond donors (Lipinski definition) is 0. The van der Waals surface area contributed by atoms with E-state index in [0.717, 1.165) is 36.0 Å². The largest absolute Gasteiger partial charge is 0.494 e. The Morgan fingerprint density at radius 2 is 1.80 bits per heavy atom. The van der Waals surface area contributed by atoms with E-state index in [1.165, 1.54) is 23.9 Å². The SMILES string of the molecule is CCCCOc1ccc(-c2nnc(SCc3cccc(C(F)(F)F)c3)n2CC)cc1. The van der Waals surface area contributed by atoms with E-state index in [0.29, 0.717) is 29.6 Å². The van der Waals surface area contributed by atoms with Gasteiger partial charge in [-0.1, -0.05) is 43.3 Å². The topological polar surface area (TPSA) is 39.9 Å². The van der Waals surface area contributed by atoms with Crippen LogP contribution < -0.4 is 4.74 Å². The van der Waals surface area contributed by atoms with E-state index in [2.05, 4.69) is 17.1 Å². The van der Waals surface area contributed by atoms with E-state index in [4.69, 9.17) is 4.74 Å². The summed E-state index contributed by atoms with van der Waals surface area (Å²) < 4.78 is 46.4. The molecule has 0 aliphatic carbocycles. The molecular formula is C22H24F3N3OS. The van der Waals surface area contributed by atoms with Crippen molar-refractivity contribution in [2.24, 2.45) is 0 Å². The number of benzene rings is 2. The third-order valence-corrected chi connectivity index (χ3v) is 5.57. The van der Waals surface area contributed by atoms with Crippen molar-refractivity contribution in [1.82, 2.24) is 14.8 Å². The average Bonchev–Trinajstić information content (AvgIpc) is 3.15. The highest BCUT2D eigenvalue weighted by Gasteiger charge is 2.30. The highest BCUT2D eigenvalue weighted by Crippen LogP contribution is 2.32. The predicted octanol–water partition coefficient (Wildman–Crippen LogP) is 6.46.